The van der Waals surface area contributed by atoms with Crippen molar-refractivity contribution in [3.8, 4) is 67.5 Å². The van der Waals surface area contributed by atoms with Crippen molar-refractivity contribution >= 4 is 10.8 Å². The van der Waals surface area contributed by atoms with Crippen molar-refractivity contribution in [1.82, 2.24) is 19.9 Å². The number of hydrogen-bond donors (Lipinski definition) is 0. The Hall–Kier alpha value is -6.26. The number of fused-ring (bicyclic) bond motifs is 5. The molecule has 2 aromatic heterocycles. The molecule has 0 unspecified atom stereocenters. The lowest BCUT2D eigenvalue weighted by molar-refractivity contribution is 0.666. The standard InChI is InChI=1S/C45H32N4/c1-45(2)40-24-22-35(27-39(40)38-23-21-31-12-6-7-16-37(31)41(38)45)44-48-42(32-19-17-30(18-20-32)36-15-9-25-46-28-36)47-43(49-44)34-14-8-13-33(26-34)29-10-4-3-5-11-29/h3-28H,1-2H3. The van der Waals surface area contributed by atoms with E-state index < -0.39 is 0 Å². The van der Waals surface area contributed by atoms with Crippen LogP contribution < -0.4 is 0 Å². The summed E-state index contributed by atoms with van der Waals surface area (Å²) >= 11 is 0. The predicted octanol–water partition coefficient (Wildman–Crippen LogP) is 11.1. The molecule has 8 aromatic rings. The molecule has 0 saturated carbocycles. The summed E-state index contributed by atoms with van der Waals surface area (Å²) in [6.07, 6.45) is 3.67. The lowest BCUT2D eigenvalue weighted by Crippen LogP contribution is -2.15. The molecule has 1 aliphatic rings. The summed E-state index contributed by atoms with van der Waals surface area (Å²) in [6, 6.07) is 51.1. The molecule has 0 saturated heterocycles. The van der Waals surface area contributed by atoms with Gasteiger partial charge < -0.3 is 0 Å². The van der Waals surface area contributed by atoms with E-state index in [4.69, 9.17) is 15.0 Å². The van der Waals surface area contributed by atoms with Crippen LogP contribution in [0.5, 0.6) is 0 Å². The van der Waals surface area contributed by atoms with E-state index in [1.165, 1.54) is 33.0 Å². The average Bonchev–Trinajstić information content (AvgIpc) is 3.41. The monoisotopic (exact) mass is 628 g/mol. The van der Waals surface area contributed by atoms with Crippen LogP contribution in [0.4, 0.5) is 0 Å². The molecule has 2 heterocycles. The van der Waals surface area contributed by atoms with Crippen LogP contribution in [-0.4, -0.2) is 19.9 Å². The van der Waals surface area contributed by atoms with Crippen molar-refractivity contribution in [2.45, 2.75) is 19.3 Å². The van der Waals surface area contributed by atoms with Crippen molar-refractivity contribution < 1.29 is 0 Å². The van der Waals surface area contributed by atoms with E-state index in [2.05, 4.69) is 152 Å². The highest BCUT2D eigenvalue weighted by molar-refractivity contribution is 5.98. The molecule has 232 valence electrons. The van der Waals surface area contributed by atoms with Gasteiger partial charge in [0.15, 0.2) is 17.5 Å². The number of aromatic nitrogens is 4. The molecule has 49 heavy (non-hydrogen) atoms. The molecule has 9 rings (SSSR count). The van der Waals surface area contributed by atoms with Gasteiger partial charge in [0.05, 0.1) is 0 Å². The zero-order chi connectivity index (χ0) is 33.0. The molecule has 0 spiro atoms. The normalized spacial score (nSPS) is 12.9. The maximum absolute atomic E-state index is 5.14. The van der Waals surface area contributed by atoms with Gasteiger partial charge in [-0.3, -0.25) is 4.98 Å². The highest BCUT2D eigenvalue weighted by Gasteiger charge is 2.37. The molecule has 0 radical (unpaired) electrons. The molecule has 0 atom stereocenters. The Morgan fingerprint density at radius 3 is 1.82 bits per heavy atom. The summed E-state index contributed by atoms with van der Waals surface area (Å²) in [5.74, 6) is 1.92. The third-order valence-electron chi connectivity index (χ3n) is 9.80. The van der Waals surface area contributed by atoms with Gasteiger partial charge in [0.25, 0.3) is 0 Å². The van der Waals surface area contributed by atoms with E-state index in [9.17, 15) is 0 Å². The van der Waals surface area contributed by atoms with Crippen LogP contribution in [0, 0.1) is 0 Å². The zero-order valence-corrected chi connectivity index (χ0v) is 27.3. The minimum absolute atomic E-state index is 0.132. The van der Waals surface area contributed by atoms with Gasteiger partial charge in [-0.2, -0.15) is 0 Å². The Balaban J connectivity index is 1.20. The molecular formula is C45H32N4. The second kappa shape index (κ2) is 11.5. The van der Waals surface area contributed by atoms with Gasteiger partial charge in [0.1, 0.15) is 0 Å². The quantitative estimate of drug-likeness (QED) is 0.190. The number of pyridine rings is 1. The lowest BCUT2D eigenvalue weighted by atomic mass is 9.80. The van der Waals surface area contributed by atoms with Crippen LogP contribution in [0.3, 0.4) is 0 Å². The molecule has 0 bridgehead atoms. The zero-order valence-electron chi connectivity index (χ0n) is 27.3. The van der Waals surface area contributed by atoms with Crippen LogP contribution in [0.1, 0.15) is 25.0 Å². The summed E-state index contributed by atoms with van der Waals surface area (Å²) in [5, 5.41) is 2.57. The molecule has 0 N–H and O–H groups in total. The molecule has 1 aliphatic carbocycles. The topological polar surface area (TPSA) is 51.6 Å². The third-order valence-corrected chi connectivity index (χ3v) is 9.80. The van der Waals surface area contributed by atoms with Gasteiger partial charge in [0, 0.05) is 34.5 Å². The summed E-state index contributed by atoms with van der Waals surface area (Å²) in [4.78, 5) is 19.6. The Morgan fingerprint density at radius 1 is 0.429 bits per heavy atom. The molecule has 4 nitrogen and oxygen atoms in total. The minimum Gasteiger partial charge on any atom is -0.264 e. The van der Waals surface area contributed by atoms with Crippen LogP contribution >= 0.6 is 0 Å². The number of hydrogen-bond acceptors (Lipinski definition) is 4. The first kappa shape index (κ1) is 28.9. The van der Waals surface area contributed by atoms with Gasteiger partial charge in [-0.1, -0.05) is 141 Å². The van der Waals surface area contributed by atoms with E-state index in [-0.39, 0.29) is 5.41 Å². The second-order valence-corrected chi connectivity index (χ2v) is 13.2. The van der Waals surface area contributed by atoms with Gasteiger partial charge >= 0.3 is 0 Å². The summed E-state index contributed by atoms with van der Waals surface area (Å²) in [7, 11) is 0. The Morgan fingerprint density at radius 2 is 1.04 bits per heavy atom. The van der Waals surface area contributed by atoms with E-state index >= 15 is 0 Å². The van der Waals surface area contributed by atoms with E-state index in [1.54, 1.807) is 6.20 Å². The van der Waals surface area contributed by atoms with Gasteiger partial charge in [-0.25, -0.2) is 15.0 Å². The maximum atomic E-state index is 5.14. The summed E-state index contributed by atoms with van der Waals surface area (Å²) < 4.78 is 0. The molecular weight excluding hydrogens is 597 g/mol. The first-order valence-electron chi connectivity index (χ1n) is 16.6. The molecule has 0 amide bonds. The summed E-state index contributed by atoms with van der Waals surface area (Å²) in [5.41, 5.74) is 12.3. The fourth-order valence-corrected chi connectivity index (χ4v) is 7.33. The van der Waals surface area contributed by atoms with Crippen molar-refractivity contribution in [3.63, 3.8) is 0 Å². The lowest BCUT2D eigenvalue weighted by Gasteiger charge is -2.23. The molecule has 6 aromatic carbocycles. The van der Waals surface area contributed by atoms with Gasteiger partial charge in [-0.15, -0.1) is 0 Å². The minimum atomic E-state index is -0.132. The average molecular weight is 629 g/mol. The smallest absolute Gasteiger partial charge is 0.164 e. The van der Waals surface area contributed by atoms with Crippen LogP contribution in [0.2, 0.25) is 0 Å². The summed E-state index contributed by atoms with van der Waals surface area (Å²) in [6.45, 7) is 4.66. The number of nitrogens with zero attached hydrogens (tertiary/aromatic N) is 4. The van der Waals surface area contributed by atoms with Gasteiger partial charge in [-0.05, 0) is 73.5 Å². The fraction of sp³-hybridized carbons (Fsp3) is 0.0667. The fourth-order valence-electron chi connectivity index (χ4n) is 7.33. The van der Waals surface area contributed by atoms with Crippen molar-refractivity contribution in [2.75, 3.05) is 0 Å². The van der Waals surface area contributed by atoms with Crippen LogP contribution in [0.15, 0.2) is 158 Å². The van der Waals surface area contributed by atoms with Crippen molar-refractivity contribution in [2.24, 2.45) is 0 Å². The van der Waals surface area contributed by atoms with Crippen molar-refractivity contribution in [1.29, 1.82) is 0 Å². The Kier molecular flexibility index (Phi) is 6.77. The first-order chi connectivity index (χ1) is 24.0. The Labute approximate surface area is 285 Å². The van der Waals surface area contributed by atoms with Crippen LogP contribution in [0.25, 0.3) is 78.3 Å². The van der Waals surface area contributed by atoms with Crippen LogP contribution in [-0.2, 0) is 5.41 Å². The largest absolute Gasteiger partial charge is 0.264 e. The molecule has 4 heteroatoms. The molecule has 0 fully saturated rings. The molecule has 0 aliphatic heterocycles. The van der Waals surface area contributed by atoms with E-state index in [1.807, 2.05) is 18.3 Å². The van der Waals surface area contributed by atoms with E-state index in [0.717, 1.165) is 38.9 Å². The highest BCUT2D eigenvalue weighted by atomic mass is 15.0. The van der Waals surface area contributed by atoms with E-state index in [0.29, 0.717) is 17.5 Å². The number of benzene rings is 6. The first-order valence-corrected chi connectivity index (χ1v) is 16.6. The Bertz CT molecular complexity index is 2500. The van der Waals surface area contributed by atoms with Gasteiger partial charge in [0.2, 0.25) is 0 Å². The maximum Gasteiger partial charge on any atom is 0.164 e. The SMILES string of the molecule is CC1(C)c2ccc(-c3nc(-c4ccc(-c5cccnc5)cc4)nc(-c4cccc(-c5ccccc5)c4)n3)cc2-c2ccc3ccccc3c21. The predicted molar refractivity (Wildman–Crippen MR) is 200 cm³/mol. The highest BCUT2D eigenvalue weighted by Crippen LogP contribution is 2.52. The number of rotatable bonds is 5. The van der Waals surface area contributed by atoms with Crippen molar-refractivity contribution in [3.05, 3.63) is 169 Å². The third kappa shape index (κ3) is 5.01. The second-order valence-electron chi connectivity index (χ2n) is 13.2.